The maximum atomic E-state index is 9.62. The first-order valence-electron chi connectivity index (χ1n) is 8.58. The third kappa shape index (κ3) is 3.09. The van der Waals surface area contributed by atoms with Crippen molar-refractivity contribution < 1.29 is 4.74 Å². The first-order chi connectivity index (χ1) is 13.2. The van der Waals surface area contributed by atoms with Crippen molar-refractivity contribution in [3.05, 3.63) is 72.2 Å². The van der Waals surface area contributed by atoms with E-state index in [1.807, 2.05) is 55.6 Å². The number of nitrogens with zero attached hydrogens (tertiary/aromatic N) is 2. The Morgan fingerprint density at radius 3 is 2.67 bits per heavy atom. The summed E-state index contributed by atoms with van der Waals surface area (Å²) in [6.07, 6.45) is 3.52. The van der Waals surface area contributed by atoms with Crippen molar-refractivity contribution in [1.82, 2.24) is 9.97 Å². The molecule has 2 aromatic carbocycles. The molecule has 5 heteroatoms. The number of ether oxygens (including phenoxy) is 1. The Hall–Kier alpha value is -3.78. The standard InChI is InChI=1S/C22H18N4O/c1-14-21(15-3-6-19(27-2)7-4-15)22(17(12-23)13-25-14)26-18-5-8-20-16(11-18)9-10-24-20/h3-11,13,24H,1-2H3,(H,25,26). The number of hydrogen-bond acceptors (Lipinski definition) is 4. The van der Waals surface area contributed by atoms with Crippen molar-refractivity contribution >= 4 is 22.3 Å². The average molecular weight is 354 g/mol. The van der Waals surface area contributed by atoms with E-state index in [1.165, 1.54) is 0 Å². The monoisotopic (exact) mass is 354 g/mol. The van der Waals surface area contributed by atoms with E-state index in [4.69, 9.17) is 4.74 Å². The Morgan fingerprint density at radius 2 is 1.93 bits per heavy atom. The largest absolute Gasteiger partial charge is 0.497 e. The van der Waals surface area contributed by atoms with Crippen LogP contribution in [-0.2, 0) is 0 Å². The molecule has 0 unspecified atom stereocenters. The van der Waals surface area contributed by atoms with E-state index in [0.717, 1.165) is 44.8 Å². The highest BCUT2D eigenvalue weighted by molar-refractivity contribution is 5.89. The van der Waals surface area contributed by atoms with Crippen molar-refractivity contribution in [2.75, 3.05) is 12.4 Å². The van der Waals surface area contributed by atoms with Crippen LogP contribution in [0.5, 0.6) is 5.75 Å². The zero-order valence-corrected chi connectivity index (χ0v) is 15.1. The predicted octanol–water partition coefficient (Wildman–Crippen LogP) is 5.16. The number of aryl methyl sites for hydroxylation is 1. The highest BCUT2D eigenvalue weighted by Crippen LogP contribution is 2.36. The molecule has 0 bridgehead atoms. The van der Waals surface area contributed by atoms with E-state index in [9.17, 15) is 5.26 Å². The molecule has 0 saturated carbocycles. The topological polar surface area (TPSA) is 73.7 Å². The Morgan fingerprint density at radius 1 is 1.11 bits per heavy atom. The number of H-pyrrole nitrogens is 1. The summed E-state index contributed by atoms with van der Waals surface area (Å²) in [4.78, 5) is 7.60. The highest BCUT2D eigenvalue weighted by atomic mass is 16.5. The molecular weight excluding hydrogens is 336 g/mol. The van der Waals surface area contributed by atoms with E-state index in [1.54, 1.807) is 13.3 Å². The van der Waals surface area contributed by atoms with Gasteiger partial charge in [0.2, 0.25) is 0 Å². The fourth-order valence-electron chi connectivity index (χ4n) is 3.21. The van der Waals surface area contributed by atoms with Crippen LogP contribution in [0.3, 0.4) is 0 Å². The van der Waals surface area contributed by atoms with Crippen LogP contribution in [0.25, 0.3) is 22.0 Å². The Balaban J connectivity index is 1.84. The van der Waals surface area contributed by atoms with E-state index >= 15 is 0 Å². The number of aromatic nitrogens is 2. The lowest BCUT2D eigenvalue weighted by Crippen LogP contribution is -2.01. The van der Waals surface area contributed by atoms with Crippen LogP contribution in [-0.4, -0.2) is 17.1 Å². The van der Waals surface area contributed by atoms with Crippen molar-refractivity contribution in [3.63, 3.8) is 0 Å². The molecule has 27 heavy (non-hydrogen) atoms. The highest BCUT2D eigenvalue weighted by Gasteiger charge is 2.15. The van der Waals surface area contributed by atoms with Gasteiger partial charge < -0.3 is 15.0 Å². The van der Waals surface area contributed by atoms with Crippen LogP contribution in [0.4, 0.5) is 11.4 Å². The van der Waals surface area contributed by atoms with Gasteiger partial charge in [-0.25, -0.2) is 0 Å². The lowest BCUT2D eigenvalue weighted by atomic mass is 9.99. The number of nitrogens with one attached hydrogen (secondary N) is 2. The molecule has 0 spiro atoms. The number of fused-ring (bicyclic) bond motifs is 1. The van der Waals surface area contributed by atoms with Gasteiger partial charge in [0.1, 0.15) is 11.8 Å². The Labute approximate surface area is 157 Å². The minimum Gasteiger partial charge on any atom is -0.497 e. The first-order valence-corrected chi connectivity index (χ1v) is 8.58. The minimum absolute atomic E-state index is 0.501. The second kappa shape index (κ2) is 6.85. The van der Waals surface area contributed by atoms with Gasteiger partial charge in [-0.2, -0.15) is 5.26 Å². The van der Waals surface area contributed by atoms with Crippen LogP contribution in [0, 0.1) is 18.3 Å². The van der Waals surface area contributed by atoms with Crippen LogP contribution in [0.1, 0.15) is 11.3 Å². The number of hydrogen-bond donors (Lipinski definition) is 2. The summed E-state index contributed by atoms with van der Waals surface area (Å²) in [6, 6.07) is 18.1. The molecule has 4 rings (SSSR count). The van der Waals surface area contributed by atoms with Gasteiger partial charge in [-0.05, 0) is 48.9 Å². The van der Waals surface area contributed by atoms with Gasteiger partial charge in [-0.3, -0.25) is 4.98 Å². The molecule has 2 heterocycles. The average Bonchev–Trinajstić information content (AvgIpc) is 3.16. The summed E-state index contributed by atoms with van der Waals surface area (Å²) < 4.78 is 5.25. The number of aromatic amines is 1. The van der Waals surface area contributed by atoms with Gasteiger partial charge in [0, 0.05) is 40.2 Å². The maximum absolute atomic E-state index is 9.62. The van der Waals surface area contributed by atoms with Crippen molar-refractivity contribution in [1.29, 1.82) is 5.26 Å². The lowest BCUT2D eigenvalue weighted by molar-refractivity contribution is 0.415. The molecule has 2 aromatic heterocycles. The lowest BCUT2D eigenvalue weighted by Gasteiger charge is -2.16. The molecule has 132 valence electrons. The molecule has 0 aliphatic carbocycles. The molecule has 0 aliphatic rings. The number of anilines is 2. The second-order valence-electron chi connectivity index (χ2n) is 6.25. The summed E-state index contributed by atoms with van der Waals surface area (Å²) >= 11 is 0. The third-order valence-electron chi connectivity index (χ3n) is 4.59. The molecular formula is C22H18N4O. The number of pyridine rings is 1. The zero-order valence-electron chi connectivity index (χ0n) is 15.1. The van der Waals surface area contributed by atoms with Crippen LogP contribution >= 0.6 is 0 Å². The van der Waals surface area contributed by atoms with E-state index in [0.29, 0.717) is 5.56 Å². The van der Waals surface area contributed by atoms with Crippen molar-refractivity contribution in [2.45, 2.75) is 6.92 Å². The van der Waals surface area contributed by atoms with Crippen molar-refractivity contribution in [3.8, 4) is 22.9 Å². The van der Waals surface area contributed by atoms with Crippen LogP contribution < -0.4 is 10.1 Å². The van der Waals surface area contributed by atoms with E-state index in [-0.39, 0.29) is 0 Å². The first kappa shape index (κ1) is 16.7. The van der Waals surface area contributed by atoms with Gasteiger partial charge >= 0.3 is 0 Å². The molecule has 0 saturated heterocycles. The summed E-state index contributed by atoms with van der Waals surface area (Å²) in [5, 5.41) is 14.2. The van der Waals surface area contributed by atoms with Gasteiger partial charge in [0.05, 0.1) is 18.4 Å². The Kier molecular flexibility index (Phi) is 4.23. The number of rotatable bonds is 4. The predicted molar refractivity (Wildman–Crippen MR) is 107 cm³/mol. The fourth-order valence-corrected chi connectivity index (χ4v) is 3.21. The van der Waals surface area contributed by atoms with Gasteiger partial charge in [-0.15, -0.1) is 0 Å². The molecule has 0 radical (unpaired) electrons. The molecule has 5 nitrogen and oxygen atoms in total. The summed E-state index contributed by atoms with van der Waals surface area (Å²) in [5.41, 5.74) is 5.98. The molecule has 0 amide bonds. The molecule has 0 fully saturated rings. The van der Waals surface area contributed by atoms with Crippen molar-refractivity contribution in [2.24, 2.45) is 0 Å². The van der Waals surface area contributed by atoms with E-state index in [2.05, 4.69) is 27.4 Å². The summed E-state index contributed by atoms with van der Waals surface area (Å²) in [6.45, 7) is 1.95. The van der Waals surface area contributed by atoms with Gasteiger partial charge in [-0.1, -0.05) is 12.1 Å². The second-order valence-corrected chi connectivity index (χ2v) is 6.25. The van der Waals surface area contributed by atoms with E-state index < -0.39 is 0 Å². The zero-order chi connectivity index (χ0) is 18.8. The number of benzene rings is 2. The normalized spacial score (nSPS) is 10.6. The quantitative estimate of drug-likeness (QED) is 0.531. The smallest absolute Gasteiger partial charge is 0.118 e. The molecule has 0 aliphatic heterocycles. The van der Waals surface area contributed by atoms with Crippen LogP contribution in [0.2, 0.25) is 0 Å². The Bertz CT molecular complexity index is 1150. The molecule has 4 aromatic rings. The van der Waals surface area contributed by atoms with Crippen LogP contribution in [0.15, 0.2) is 60.9 Å². The fraction of sp³-hybridized carbons (Fsp3) is 0.0909. The molecule has 0 atom stereocenters. The third-order valence-corrected chi connectivity index (χ3v) is 4.59. The maximum Gasteiger partial charge on any atom is 0.118 e. The summed E-state index contributed by atoms with van der Waals surface area (Å²) in [7, 11) is 1.64. The number of nitriles is 1. The SMILES string of the molecule is COc1ccc(-c2c(C)ncc(C#N)c2Nc2ccc3[nH]ccc3c2)cc1. The molecule has 2 N–H and O–H groups in total. The number of methoxy groups -OCH3 is 1. The minimum atomic E-state index is 0.501. The van der Waals surface area contributed by atoms with Gasteiger partial charge in [0.15, 0.2) is 0 Å². The van der Waals surface area contributed by atoms with Gasteiger partial charge in [0.25, 0.3) is 0 Å². The summed E-state index contributed by atoms with van der Waals surface area (Å²) in [5.74, 6) is 0.785.